The van der Waals surface area contributed by atoms with Crippen molar-refractivity contribution in [3.8, 4) is 5.75 Å². The molecule has 3 nitrogen and oxygen atoms in total. The molecule has 0 saturated carbocycles. The van der Waals surface area contributed by atoms with Gasteiger partial charge in [-0.05, 0) is 55.3 Å². The molecule has 21 heavy (non-hydrogen) atoms. The normalized spacial score (nSPS) is 11.3. The fourth-order valence-corrected chi connectivity index (χ4v) is 3.12. The molecular weight excluding hydrogens is 284 g/mol. The van der Waals surface area contributed by atoms with Crippen molar-refractivity contribution in [2.75, 3.05) is 6.61 Å². The van der Waals surface area contributed by atoms with E-state index in [4.69, 9.17) is 4.74 Å². The highest BCUT2D eigenvalue weighted by molar-refractivity contribution is 7.91. The van der Waals surface area contributed by atoms with Crippen LogP contribution >= 0.6 is 0 Å². The van der Waals surface area contributed by atoms with Crippen LogP contribution in [0.5, 0.6) is 5.75 Å². The number of sulfone groups is 1. The predicted octanol–water partition coefficient (Wildman–Crippen LogP) is 3.88. The van der Waals surface area contributed by atoms with E-state index in [9.17, 15) is 8.42 Å². The monoisotopic (exact) mass is 303 g/mol. The van der Waals surface area contributed by atoms with E-state index in [0.29, 0.717) is 12.4 Å². The lowest BCUT2D eigenvalue weighted by Gasteiger charge is -2.08. The molecular formula is C17H19O3S. The van der Waals surface area contributed by atoms with Crippen molar-refractivity contribution in [2.45, 2.75) is 29.6 Å². The van der Waals surface area contributed by atoms with E-state index in [-0.39, 0.29) is 9.79 Å². The molecule has 0 spiro atoms. The van der Waals surface area contributed by atoms with Crippen LogP contribution < -0.4 is 4.74 Å². The first-order valence-corrected chi connectivity index (χ1v) is 8.42. The summed E-state index contributed by atoms with van der Waals surface area (Å²) < 4.78 is 30.4. The van der Waals surface area contributed by atoms with Crippen LogP contribution in [0.25, 0.3) is 0 Å². The molecule has 0 unspecified atom stereocenters. The van der Waals surface area contributed by atoms with E-state index >= 15 is 0 Å². The van der Waals surface area contributed by atoms with E-state index in [1.807, 2.05) is 0 Å². The van der Waals surface area contributed by atoms with Crippen molar-refractivity contribution < 1.29 is 13.2 Å². The zero-order valence-corrected chi connectivity index (χ0v) is 12.9. The maximum Gasteiger partial charge on any atom is 0.206 e. The molecule has 0 fully saturated rings. The summed E-state index contributed by atoms with van der Waals surface area (Å²) in [6.45, 7) is 6.49. The summed E-state index contributed by atoms with van der Waals surface area (Å²) >= 11 is 0. The minimum Gasteiger partial charge on any atom is -0.494 e. The maximum absolute atomic E-state index is 12.5. The van der Waals surface area contributed by atoms with Gasteiger partial charge in [0, 0.05) is 0 Å². The maximum atomic E-state index is 12.5. The summed E-state index contributed by atoms with van der Waals surface area (Å²) in [5.41, 5.74) is 0.786. The van der Waals surface area contributed by atoms with Crippen LogP contribution in [0.2, 0.25) is 0 Å². The number of benzene rings is 2. The van der Waals surface area contributed by atoms with Crippen molar-refractivity contribution in [1.29, 1.82) is 0 Å². The first kappa shape index (κ1) is 15.6. The first-order chi connectivity index (χ1) is 10.0. The molecule has 0 heterocycles. The molecule has 0 aliphatic heterocycles. The largest absolute Gasteiger partial charge is 0.494 e. The van der Waals surface area contributed by atoms with E-state index in [1.54, 1.807) is 48.5 Å². The Labute approximate surface area is 126 Å². The molecule has 0 aliphatic carbocycles. The summed E-state index contributed by atoms with van der Waals surface area (Å²) in [5, 5.41) is 0. The Morgan fingerprint density at radius 1 is 0.952 bits per heavy atom. The third kappa shape index (κ3) is 3.85. The van der Waals surface area contributed by atoms with Gasteiger partial charge < -0.3 is 4.74 Å². The zero-order chi connectivity index (χ0) is 15.3. The van der Waals surface area contributed by atoms with Gasteiger partial charge in [0.05, 0.1) is 16.4 Å². The Morgan fingerprint density at radius 2 is 1.48 bits per heavy atom. The average molecular weight is 303 g/mol. The SMILES string of the molecule is [CH2]c1ccc(S(=O)(=O)c2ccc(OCCCC)cc2)cc1. The number of rotatable bonds is 6. The number of ether oxygens (including phenoxy) is 1. The second kappa shape index (κ2) is 6.76. The van der Waals surface area contributed by atoms with Gasteiger partial charge in [-0.1, -0.05) is 25.5 Å². The van der Waals surface area contributed by atoms with Crippen LogP contribution in [0.4, 0.5) is 0 Å². The number of hydrogen-bond donors (Lipinski definition) is 0. The first-order valence-electron chi connectivity index (χ1n) is 6.94. The predicted molar refractivity (Wildman–Crippen MR) is 83.2 cm³/mol. The van der Waals surface area contributed by atoms with Crippen LogP contribution in [0.3, 0.4) is 0 Å². The molecule has 0 amide bonds. The van der Waals surface area contributed by atoms with Crippen LogP contribution in [0.15, 0.2) is 58.3 Å². The van der Waals surface area contributed by atoms with E-state index < -0.39 is 9.84 Å². The molecule has 4 heteroatoms. The zero-order valence-electron chi connectivity index (χ0n) is 12.1. The highest BCUT2D eigenvalue weighted by atomic mass is 32.2. The third-order valence-corrected chi connectivity index (χ3v) is 4.92. The Hall–Kier alpha value is -1.81. The van der Waals surface area contributed by atoms with Gasteiger partial charge in [-0.15, -0.1) is 0 Å². The van der Waals surface area contributed by atoms with Gasteiger partial charge in [-0.3, -0.25) is 0 Å². The molecule has 0 saturated heterocycles. The summed E-state index contributed by atoms with van der Waals surface area (Å²) in [4.78, 5) is 0.539. The van der Waals surface area contributed by atoms with Crippen LogP contribution in [0, 0.1) is 6.92 Å². The van der Waals surface area contributed by atoms with Crippen LogP contribution in [-0.2, 0) is 9.84 Å². The smallest absolute Gasteiger partial charge is 0.206 e. The second-order valence-corrected chi connectivity index (χ2v) is 6.77. The van der Waals surface area contributed by atoms with Crippen LogP contribution in [0.1, 0.15) is 25.3 Å². The molecule has 1 radical (unpaired) electrons. The van der Waals surface area contributed by atoms with Crippen LogP contribution in [-0.4, -0.2) is 15.0 Å². The molecule has 2 aromatic rings. The fraction of sp³-hybridized carbons (Fsp3) is 0.235. The van der Waals surface area contributed by atoms with Gasteiger partial charge in [0.15, 0.2) is 0 Å². The Morgan fingerprint density at radius 3 is 2.00 bits per heavy atom. The highest BCUT2D eigenvalue weighted by Gasteiger charge is 2.17. The standard InChI is InChI=1S/C17H19O3S/c1-3-4-13-20-15-7-11-17(12-8-15)21(18,19)16-9-5-14(2)6-10-16/h5-12H,2-4,13H2,1H3. The lowest BCUT2D eigenvalue weighted by molar-refractivity contribution is 0.309. The summed E-state index contributed by atoms with van der Waals surface area (Å²) in [6, 6.07) is 13.1. The average Bonchev–Trinajstić information content (AvgIpc) is 2.48. The molecule has 2 rings (SSSR count). The molecule has 0 atom stereocenters. The Kier molecular flexibility index (Phi) is 5.02. The highest BCUT2D eigenvalue weighted by Crippen LogP contribution is 2.23. The van der Waals surface area contributed by atoms with Crippen molar-refractivity contribution in [3.05, 3.63) is 61.0 Å². The second-order valence-electron chi connectivity index (χ2n) is 4.82. The van der Waals surface area contributed by atoms with E-state index in [1.165, 1.54) is 0 Å². The molecule has 0 aliphatic rings. The van der Waals surface area contributed by atoms with E-state index in [0.717, 1.165) is 18.4 Å². The lowest BCUT2D eigenvalue weighted by Crippen LogP contribution is -2.02. The summed E-state index contributed by atoms with van der Waals surface area (Å²) in [6.07, 6.45) is 2.05. The van der Waals surface area contributed by atoms with Crippen molar-refractivity contribution in [3.63, 3.8) is 0 Å². The van der Waals surface area contributed by atoms with Gasteiger partial charge in [-0.25, -0.2) is 8.42 Å². The van der Waals surface area contributed by atoms with Gasteiger partial charge in [0.25, 0.3) is 0 Å². The van der Waals surface area contributed by atoms with E-state index in [2.05, 4.69) is 13.8 Å². The fourth-order valence-electron chi connectivity index (χ4n) is 1.85. The molecule has 111 valence electrons. The Balaban J connectivity index is 2.19. The third-order valence-electron chi connectivity index (χ3n) is 3.13. The molecule has 2 aromatic carbocycles. The van der Waals surface area contributed by atoms with Crippen molar-refractivity contribution in [1.82, 2.24) is 0 Å². The number of unbranched alkanes of at least 4 members (excludes halogenated alkanes) is 1. The van der Waals surface area contributed by atoms with Gasteiger partial charge >= 0.3 is 0 Å². The van der Waals surface area contributed by atoms with Crippen molar-refractivity contribution in [2.24, 2.45) is 0 Å². The van der Waals surface area contributed by atoms with Gasteiger partial charge in [0.1, 0.15) is 5.75 Å². The molecule has 0 bridgehead atoms. The molecule has 0 aromatic heterocycles. The summed E-state index contributed by atoms with van der Waals surface area (Å²) in [7, 11) is -3.48. The van der Waals surface area contributed by atoms with Crippen molar-refractivity contribution >= 4 is 9.84 Å². The van der Waals surface area contributed by atoms with Gasteiger partial charge in [0.2, 0.25) is 9.84 Å². The minimum atomic E-state index is -3.48. The quantitative estimate of drug-likeness (QED) is 0.761. The Bertz CT molecular complexity index is 671. The lowest BCUT2D eigenvalue weighted by atomic mass is 10.2. The van der Waals surface area contributed by atoms with Gasteiger partial charge in [-0.2, -0.15) is 0 Å². The summed E-state index contributed by atoms with van der Waals surface area (Å²) in [5.74, 6) is 0.690. The number of hydrogen-bond acceptors (Lipinski definition) is 3. The molecule has 0 N–H and O–H groups in total. The minimum absolute atomic E-state index is 0.266. The topological polar surface area (TPSA) is 43.4 Å².